The molecule has 0 bridgehead atoms. The van der Waals surface area contributed by atoms with Crippen molar-refractivity contribution in [3.05, 3.63) is 53.6 Å². The number of halogens is 1. The maximum atomic E-state index is 9.76. The number of rotatable bonds is 2. The summed E-state index contributed by atoms with van der Waals surface area (Å²) >= 11 is 1.75. The van der Waals surface area contributed by atoms with Gasteiger partial charge in [0.2, 0.25) is 0 Å². The third-order valence-electron chi connectivity index (χ3n) is 4.57. The first-order valence-corrected chi connectivity index (χ1v) is 8.29. The van der Waals surface area contributed by atoms with Crippen LogP contribution in [-0.4, -0.2) is 21.5 Å². The molecule has 4 N–H and O–H groups in total. The van der Waals surface area contributed by atoms with Gasteiger partial charge in [0.25, 0.3) is 0 Å². The van der Waals surface area contributed by atoms with Crippen molar-refractivity contribution in [3.63, 3.8) is 0 Å². The lowest BCUT2D eigenvalue weighted by molar-refractivity contribution is 0.369. The summed E-state index contributed by atoms with van der Waals surface area (Å²) in [6.45, 7) is 4.28. The number of phenolic OH excluding ortho intramolecular Hbond substituents is 2. The van der Waals surface area contributed by atoms with Crippen molar-refractivity contribution < 1.29 is 10.2 Å². The topological polar surface area (TPSA) is 66.5 Å². The van der Waals surface area contributed by atoms with E-state index in [0.717, 1.165) is 16.9 Å². The molecule has 3 nitrogen and oxygen atoms in total. The van der Waals surface area contributed by atoms with Gasteiger partial charge in [-0.2, -0.15) is 0 Å². The second kappa shape index (κ2) is 6.63. The van der Waals surface area contributed by atoms with E-state index in [1.165, 1.54) is 5.56 Å². The molecule has 0 saturated heterocycles. The van der Waals surface area contributed by atoms with E-state index in [1.807, 2.05) is 24.3 Å². The van der Waals surface area contributed by atoms with Crippen LogP contribution in [0.25, 0.3) is 0 Å². The van der Waals surface area contributed by atoms with Gasteiger partial charge in [0.15, 0.2) is 0 Å². The zero-order valence-corrected chi connectivity index (χ0v) is 14.8. The van der Waals surface area contributed by atoms with Crippen LogP contribution in [0.1, 0.15) is 25.0 Å². The fraction of sp³-hybridized carbons (Fsp3) is 0.333. The second-order valence-electron chi connectivity index (χ2n) is 6.44. The molecule has 124 valence electrons. The zero-order valence-electron chi connectivity index (χ0n) is 13.2. The molecule has 23 heavy (non-hydrogen) atoms. The smallest absolute Gasteiger partial charge is 0.115 e. The van der Waals surface area contributed by atoms with Gasteiger partial charge in [0.1, 0.15) is 11.5 Å². The van der Waals surface area contributed by atoms with Gasteiger partial charge in [-0.25, -0.2) is 0 Å². The number of hydrogen-bond acceptors (Lipinski definition) is 4. The summed E-state index contributed by atoms with van der Waals surface area (Å²) in [5.41, 5.74) is 8.75. The van der Waals surface area contributed by atoms with Crippen LogP contribution in [-0.2, 0) is 11.8 Å². The quantitative estimate of drug-likeness (QED) is 0.769. The van der Waals surface area contributed by atoms with Gasteiger partial charge >= 0.3 is 0 Å². The van der Waals surface area contributed by atoms with E-state index in [0.29, 0.717) is 5.75 Å². The molecule has 0 spiro atoms. The van der Waals surface area contributed by atoms with Crippen molar-refractivity contribution in [2.45, 2.75) is 41.9 Å². The van der Waals surface area contributed by atoms with Gasteiger partial charge in [-0.1, -0.05) is 19.9 Å². The third kappa shape index (κ3) is 3.44. The van der Waals surface area contributed by atoms with Gasteiger partial charge in [0.05, 0.1) is 0 Å². The summed E-state index contributed by atoms with van der Waals surface area (Å²) < 4.78 is 0. The van der Waals surface area contributed by atoms with Crippen LogP contribution in [0.2, 0.25) is 0 Å². The second-order valence-corrected chi connectivity index (χ2v) is 7.76. The van der Waals surface area contributed by atoms with E-state index < -0.39 is 0 Å². The molecule has 0 unspecified atom stereocenters. The van der Waals surface area contributed by atoms with E-state index in [-0.39, 0.29) is 34.9 Å². The molecule has 0 radical (unpaired) electrons. The summed E-state index contributed by atoms with van der Waals surface area (Å²) in [5.74, 6) is 0.571. The lowest BCUT2D eigenvalue weighted by Gasteiger charge is -2.43. The fourth-order valence-electron chi connectivity index (χ4n) is 3.14. The van der Waals surface area contributed by atoms with E-state index in [1.54, 1.807) is 30.0 Å². The highest BCUT2D eigenvalue weighted by Gasteiger charge is 2.40. The highest BCUT2D eigenvalue weighted by Crippen LogP contribution is 2.43. The molecule has 1 aliphatic carbocycles. The highest BCUT2D eigenvalue weighted by atomic mass is 35.5. The van der Waals surface area contributed by atoms with Gasteiger partial charge in [-0.15, -0.1) is 24.2 Å². The molecule has 0 aliphatic heterocycles. The van der Waals surface area contributed by atoms with Gasteiger partial charge in [-0.05, 0) is 53.9 Å². The molecule has 0 amide bonds. The molecule has 5 heteroatoms. The minimum absolute atomic E-state index is 0. The predicted molar refractivity (Wildman–Crippen MR) is 97.8 cm³/mol. The first-order valence-electron chi connectivity index (χ1n) is 7.41. The number of aromatic hydroxyl groups is 2. The lowest BCUT2D eigenvalue weighted by Crippen LogP contribution is -2.52. The monoisotopic (exact) mass is 351 g/mol. The SMILES string of the molecule is CC1(C)c2cc(O)ccc2C[C@H](Sc2ccc(O)cc2)[C@H]1N.Cl. The minimum Gasteiger partial charge on any atom is -0.508 e. The molecule has 0 heterocycles. The summed E-state index contributed by atoms with van der Waals surface area (Å²) in [7, 11) is 0. The normalized spacial score (nSPS) is 22.0. The van der Waals surface area contributed by atoms with E-state index in [4.69, 9.17) is 5.73 Å². The summed E-state index contributed by atoms with van der Waals surface area (Å²) in [4.78, 5) is 1.11. The van der Waals surface area contributed by atoms with E-state index in [9.17, 15) is 10.2 Å². The Bertz CT molecular complexity index is 688. The first kappa shape index (κ1) is 18.0. The van der Waals surface area contributed by atoms with Crippen LogP contribution in [0.15, 0.2) is 47.4 Å². The number of thioether (sulfide) groups is 1. The fourth-order valence-corrected chi connectivity index (χ4v) is 4.54. The average molecular weight is 352 g/mol. The lowest BCUT2D eigenvalue weighted by atomic mass is 9.69. The van der Waals surface area contributed by atoms with Crippen molar-refractivity contribution >= 4 is 24.2 Å². The molecular formula is C18H22ClNO2S. The molecule has 2 aromatic rings. The van der Waals surface area contributed by atoms with Crippen molar-refractivity contribution in [1.29, 1.82) is 0 Å². The number of benzene rings is 2. The zero-order chi connectivity index (χ0) is 15.9. The predicted octanol–water partition coefficient (Wildman–Crippen LogP) is 3.84. The molecule has 0 aromatic heterocycles. The van der Waals surface area contributed by atoms with Crippen molar-refractivity contribution in [3.8, 4) is 11.5 Å². The van der Waals surface area contributed by atoms with E-state index >= 15 is 0 Å². The van der Waals surface area contributed by atoms with Crippen LogP contribution >= 0.6 is 24.2 Å². The Kier molecular flexibility index (Phi) is 5.19. The van der Waals surface area contributed by atoms with Crippen LogP contribution in [0.3, 0.4) is 0 Å². The van der Waals surface area contributed by atoms with E-state index in [2.05, 4.69) is 13.8 Å². The van der Waals surface area contributed by atoms with Gasteiger partial charge < -0.3 is 15.9 Å². The molecule has 1 aliphatic rings. The number of fused-ring (bicyclic) bond motifs is 1. The first-order chi connectivity index (χ1) is 10.4. The molecule has 0 saturated carbocycles. The summed E-state index contributed by atoms with van der Waals surface area (Å²) in [6.07, 6.45) is 0.881. The van der Waals surface area contributed by atoms with Gasteiger partial charge in [-0.3, -0.25) is 0 Å². The Labute approximate surface area is 147 Å². The summed E-state index contributed by atoms with van der Waals surface area (Å²) in [6, 6.07) is 12.8. The minimum atomic E-state index is -0.194. The molecular weight excluding hydrogens is 330 g/mol. The van der Waals surface area contributed by atoms with Crippen LogP contribution < -0.4 is 5.73 Å². The van der Waals surface area contributed by atoms with Crippen molar-refractivity contribution in [2.24, 2.45) is 5.73 Å². The average Bonchev–Trinajstić information content (AvgIpc) is 2.48. The number of nitrogens with two attached hydrogens (primary N) is 1. The van der Waals surface area contributed by atoms with Gasteiger partial charge in [0, 0.05) is 21.6 Å². The Morgan fingerprint density at radius 3 is 2.30 bits per heavy atom. The molecule has 2 atom stereocenters. The molecule has 0 fully saturated rings. The van der Waals surface area contributed by atoms with Crippen LogP contribution in [0, 0.1) is 0 Å². The maximum Gasteiger partial charge on any atom is 0.115 e. The standard InChI is InChI=1S/C18H21NO2S.ClH/c1-18(2)15-10-13(21)4-3-11(15)9-16(17(18)19)22-14-7-5-12(20)6-8-14;/h3-8,10,16-17,20-21H,9,19H2,1-2H3;1H/t16-,17+;/m0./s1. The van der Waals surface area contributed by atoms with Crippen LogP contribution in [0.4, 0.5) is 0 Å². The van der Waals surface area contributed by atoms with Crippen LogP contribution in [0.5, 0.6) is 11.5 Å². The van der Waals surface area contributed by atoms with Crippen molar-refractivity contribution in [1.82, 2.24) is 0 Å². The maximum absolute atomic E-state index is 9.76. The third-order valence-corrected chi connectivity index (χ3v) is 5.87. The molecule has 3 rings (SSSR count). The Morgan fingerprint density at radius 1 is 1.04 bits per heavy atom. The Morgan fingerprint density at radius 2 is 1.65 bits per heavy atom. The Hall–Kier alpha value is -1.36. The summed E-state index contributed by atoms with van der Waals surface area (Å²) in [5, 5.41) is 19.4. The highest BCUT2D eigenvalue weighted by molar-refractivity contribution is 8.00. The van der Waals surface area contributed by atoms with Crippen molar-refractivity contribution in [2.75, 3.05) is 0 Å². The number of phenols is 2. The number of hydrogen-bond donors (Lipinski definition) is 3. The molecule has 2 aromatic carbocycles. The Balaban J connectivity index is 0.00000192. The largest absolute Gasteiger partial charge is 0.508 e.